The lowest BCUT2D eigenvalue weighted by Crippen LogP contribution is -2.69. The quantitative estimate of drug-likeness (QED) is 0.813. The Morgan fingerprint density at radius 2 is 1.78 bits per heavy atom. The summed E-state index contributed by atoms with van der Waals surface area (Å²) in [5, 5.41) is 8.84. The third-order valence-electron chi connectivity index (χ3n) is 2.33. The van der Waals surface area contributed by atoms with Crippen LogP contribution in [0.15, 0.2) is 0 Å². The Morgan fingerprint density at radius 3 is 2.11 bits per heavy atom. The highest BCUT2D eigenvalue weighted by atomic mass is 19.4. The molecule has 1 aliphatic heterocycles. The molecular formula is C10H14F3NO4. The SMILES string of the molecule is CC(C)(C)O[C@@H]1CN(C(=O)C(F)(F)F)[C@@H]1C(=O)O. The largest absolute Gasteiger partial charge is 0.480 e. The number of hydrogen-bond donors (Lipinski definition) is 1. The normalized spacial score (nSPS) is 24.7. The van der Waals surface area contributed by atoms with E-state index < -0.39 is 35.8 Å². The van der Waals surface area contributed by atoms with Crippen LogP contribution in [-0.2, 0) is 14.3 Å². The predicted molar refractivity (Wildman–Crippen MR) is 53.8 cm³/mol. The minimum absolute atomic E-state index is 0.263. The van der Waals surface area contributed by atoms with Crippen LogP contribution in [0.1, 0.15) is 20.8 Å². The number of hydrogen-bond acceptors (Lipinski definition) is 3. The molecule has 1 heterocycles. The molecule has 18 heavy (non-hydrogen) atoms. The van der Waals surface area contributed by atoms with Crippen molar-refractivity contribution >= 4 is 11.9 Å². The minimum Gasteiger partial charge on any atom is -0.480 e. The number of alkyl halides is 3. The van der Waals surface area contributed by atoms with Gasteiger partial charge >= 0.3 is 18.1 Å². The maximum Gasteiger partial charge on any atom is 0.471 e. The van der Waals surface area contributed by atoms with Crippen molar-refractivity contribution in [2.24, 2.45) is 0 Å². The number of nitrogens with zero attached hydrogens (tertiary/aromatic N) is 1. The molecule has 8 heteroatoms. The molecule has 0 bridgehead atoms. The first-order valence-corrected chi connectivity index (χ1v) is 5.22. The average molecular weight is 269 g/mol. The first-order chi connectivity index (χ1) is 7.93. The Morgan fingerprint density at radius 1 is 1.28 bits per heavy atom. The van der Waals surface area contributed by atoms with Crippen LogP contribution in [0.5, 0.6) is 0 Å². The first kappa shape index (κ1) is 14.7. The first-order valence-electron chi connectivity index (χ1n) is 5.22. The molecule has 0 aromatic heterocycles. The van der Waals surface area contributed by atoms with Crippen LogP contribution in [0.25, 0.3) is 0 Å². The van der Waals surface area contributed by atoms with Gasteiger partial charge < -0.3 is 14.7 Å². The lowest BCUT2D eigenvalue weighted by Gasteiger charge is -2.47. The van der Waals surface area contributed by atoms with Gasteiger partial charge in [0.1, 0.15) is 6.10 Å². The standard InChI is InChI=1S/C10H14F3NO4/c1-9(2,3)18-5-4-14(6(5)7(15)16)8(17)10(11,12)13/h5-6H,4H2,1-3H3,(H,15,16)/t5-,6+/m1/s1. The molecule has 1 aliphatic rings. The zero-order chi connectivity index (χ0) is 14.3. The van der Waals surface area contributed by atoms with Gasteiger partial charge in [-0.2, -0.15) is 13.2 Å². The van der Waals surface area contributed by atoms with Crippen molar-refractivity contribution in [2.75, 3.05) is 6.54 Å². The van der Waals surface area contributed by atoms with E-state index in [4.69, 9.17) is 9.84 Å². The van der Waals surface area contributed by atoms with Crippen LogP contribution in [0.3, 0.4) is 0 Å². The second-order valence-electron chi connectivity index (χ2n) is 5.01. The zero-order valence-electron chi connectivity index (χ0n) is 10.1. The van der Waals surface area contributed by atoms with E-state index >= 15 is 0 Å². The van der Waals surface area contributed by atoms with Crippen molar-refractivity contribution in [3.63, 3.8) is 0 Å². The smallest absolute Gasteiger partial charge is 0.471 e. The topological polar surface area (TPSA) is 66.8 Å². The van der Waals surface area contributed by atoms with E-state index in [9.17, 15) is 22.8 Å². The fourth-order valence-corrected chi connectivity index (χ4v) is 1.69. The van der Waals surface area contributed by atoms with Gasteiger partial charge in [0.15, 0.2) is 6.04 Å². The number of amides is 1. The highest BCUT2D eigenvalue weighted by Gasteiger charge is 2.55. The van der Waals surface area contributed by atoms with Crippen molar-refractivity contribution < 1.29 is 32.6 Å². The summed E-state index contributed by atoms with van der Waals surface area (Å²) in [4.78, 5) is 22.1. The molecule has 5 nitrogen and oxygen atoms in total. The van der Waals surface area contributed by atoms with E-state index in [1.807, 2.05) is 0 Å². The van der Waals surface area contributed by atoms with Crippen molar-refractivity contribution in [2.45, 2.75) is 44.7 Å². The fraction of sp³-hybridized carbons (Fsp3) is 0.800. The van der Waals surface area contributed by atoms with Gasteiger partial charge in [-0.05, 0) is 20.8 Å². The van der Waals surface area contributed by atoms with Crippen LogP contribution < -0.4 is 0 Å². The third-order valence-corrected chi connectivity index (χ3v) is 2.33. The highest BCUT2D eigenvalue weighted by molar-refractivity contribution is 5.89. The van der Waals surface area contributed by atoms with Crippen LogP contribution in [0.2, 0.25) is 0 Å². The summed E-state index contributed by atoms with van der Waals surface area (Å²) in [6, 6.07) is -1.58. The van der Waals surface area contributed by atoms with Crippen molar-refractivity contribution in [1.82, 2.24) is 4.90 Å². The van der Waals surface area contributed by atoms with Gasteiger partial charge in [0, 0.05) is 0 Å². The molecule has 0 aromatic rings. The summed E-state index contributed by atoms with van der Waals surface area (Å²) in [6.07, 6.45) is -5.99. The number of likely N-dealkylation sites (tertiary alicyclic amines) is 1. The molecular weight excluding hydrogens is 255 g/mol. The average Bonchev–Trinajstić information content (AvgIpc) is 2.05. The summed E-state index contributed by atoms with van der Waals surface area (Å²) < 4.78 is 41.9. The van der Waals surface area contributed by atoms with Gasteiger partial charge in [-0.15, -0.1) is 0 Å². The third kappa shape index (κ3) is 3.12. The van der Waals surface area contributed by atoms with Gasteiger partial charge in [0.25, 0.3) is 0 Å². The molecule has 1 fully saturated rings. The van der Waals surface area contributed by atoms with Crippen LogP contribution in [0, 0.1) is 0 Å². The van der Waals surface area contributed by atoms with Crippen molar-refractivity contribution in [3.8, 4) is 0 Å². The number of halogens is 3. The molecule has 0 unspecified atom stereocenters. The molecule has 2 atom stereocenters. The van der Waals surface area contributed by atoms with Crippen LogP contribution in [-0.4, -0.2) is 52.4 Å². The summed E-state index contributed by atoms with van der Waals surface area (Å²) in [5.41, 5.74) is -0.689. The van der Waals surface area contributed by atoms with E-state index in [2.05, 4.69) is 0 Å². The number of carbonyl (C=O) groups excluding carboxylic acids is 1. The Bertz CT molecular complexity index is 361. The van der Waals surface area contributed by atoms with E-state index in [-0.39, 0.29) is 11.4 Å². The van der Waals surface area contributed by atoms with E-state index in [1.165, 1.54) is 0 Å². The Kier molecular flexibility index (Phi) is 3.62. The zero-order valence-corrected chi connectivity index (χ0v) is 10.1. The molecule has 0 radical (unpaired) electrons. The molecule has 1 rings (SSSR count). The summed E-state index contributed by atoms with van der Waals surface area (Å²) in [7, 11) is 0. The predicted octanol–water partition coefficient (Wildman–Crippen LogP) is 1.03. The molecule has 0 aromatic carbocycles. The maximum atomic E-state index is 12.2. The van der Waals surface area contributed by atoms with Gasteiger partial charge in [-0.1, -0.05) is 0 Å². The number of carbonyl (C=O) groups is 2. The molecule has 104 valence electrons. The fourth-order valence-electron chi connectivity index (χ4n) is 1.69. The van der Waals surface area contributed by atoms with Gasteiger partial charge in [-0.3, -0.25) is 4.79 Å². The molecule has 0 spiro atoms. The minimum atomic E-state index is -5.07. The lowest BCUT2D eigenvalue weighted by atomic mass is 9.97. The lowest BCUT2D eigenvalue weighted by molar-refractivity contribution is -0.217. The van der Waals surface area contributed by atoms with Gasteiger partial charge in [0.2, 0.25) is 0 Å². The molecule has 0 aliphatic carbocycles. The molecule has 0 saturated carbocycles. The summed E-state index contributed by atoms with van der Waals surface area (Å²) in [6.45, 7) is 4.59. The monoisotopic (exact) mass is 269 g/mol. The van der Waals surface area contributed by atoms with Crippen molar-refractivity contribution in [3.05, 3.63) is 0 Å². The molecule has 1 amide bonds. The number of carboxylic acid groups (broad SMARTS) is 1. The number of aliphatic carboxylic acids is 1. The summed E-state index contributed by atoms with van der Waals surface area (Å²) in [5.74, 6) is -3.66. The van der Waals surface area contributed by atoms with E-state index in [0.717, 1.165) is 0 Å². The number of carboxylic acids is 1. The van der Waals surface area contributed by atoms with E-state index in [1.54, 1.807) is 20.8 Å². The molecule has 1 saturated heterocycles. The Hall–Kier alpha value is -1.31. The van der Waals surface area contributed by atoms with Crippen LogP contribution >= 0.6 is 0 Å². The van der Waals surface area contributed by atoms with Gasteiger partial charge in [-0.25, -0.2) is 4.79 Å². The van der Waals surface area contributed by atoms with E-state index in [0.29, 0.717) is 0 Å². The number of rotatable bonds is 2. The van der Waals surface area contributed by atoms with Crippen molar-refractivity contribution in [1.29, 1.82) is 0 Å². The number of ether oxygens (including phenoxy) is 1. The maximum absolute atomic E-state index is 12.2. The van der Waals surface area contributed by atoms with Crippen LogP contribution in [0.4, 0.5) is 13.2 Å². The Balaban J connectivity index is 2.77. The summed E-state index contributed by atoms with van der Waals surface area (Å²) >= 11 is 0. The Labute approximate surface area is 102 Å². The second-order valence-corrected chi connectivity index (χ2v) is 5.01. The second kappa shape index (κ2) is 4.42. The highest BCUT2D eigenvalue weighted by Crippen LogP contribution is 2.30. The molecule has 1 N–H and O–H groups in total. The van der Waals surface area contributed by atoms with Gasteiger partial charge in [0.05, 0.1) is 12.1 Å².